The van der Waals surface area contributed by atoms with Crippen LogP contribution in [-0.4, -0.2) is 25.0 Å². The normalized spacial score (nSPS) is 11.0. The van der Waals surface area contributed by atoms with Crippen molar-refractivity contribution in [3.05, 3.63) is 59.7 Å². The van der Waals surface area contributed by atoms with Crippen LogP contribution in [0.5, 0.6) is 11.5 Å². The van der Waals surface area contributed by atoms with Crippen molar-refractivity contribution < 1.29 is 19.1 Å². The van der Waals surface area contributed by atoms with Gasteiger partial charge in [0.15, 0.2) is 17.3 Å². The van der Waals surface area contributed by atoms with E-state index in [2.05, 4.69) is 5.16 Å². The van der Waals surface area contributed by atoms with E-state index in [-0.39, 0.29) is 12.3 Å². The van der Waals surface area contributed by atoms with E-state index < -0.39 is 5.97 Å². The van der Waals surface area contributed by atoms with Crippen molar-refractivity contribution in [2.24, 2.45) is 10.9 Å². The van der Waals surface area contributed by atoms with Crippen molar-refractivity contribution in [2.75, 3.05) is 13.2 Å². The molecule has 0 spiro atoms. The smallest absolute Gasteiger partial charge is 0.339 e. The summed E-state index contributed by atoms with van der Waals surface area (Å²) in [5, 5.41) is 3.69. The van der Waals surface area contributed by atoms with E-state index in [1.165, 1.54) is 0 Å². The van der Waals surface area contributed by atoms with Gasteiger partial charge in [0.25, 0.3) is 0 Å². The maximum Gasteiger partial charge on any atom is 0.339 e. The van der Waals surface area contributed by atoms with Crippen molar-refractivity contribution in [2.45, 2.75) is 20.3 Å². The summed E-state index contributed by atoms with van der Waals surface area (Å²) in [5.41, 5.74) is 7.22. The van der Waals surface area contributed by atoms with Crippen LogP contribution in [0.15, 0.2) is 53.7 Å². The molecule has 0 atom stereocenters. The highest BCUT2D eigenvalue weighted by molar-refractivity contribution is 5.97. The van der Waals surface area contributed by atoms with E-state index >= 15 is 0 Å². The quantitative estimate of drug-likeness (QED) is 0.345. The van der Waals surface area contributed by atoms with Crippen LogP contribution in [0.1, 0.15) is 25.0 Å². The first-order chi connectivity index (χ1) is 12.1. The fourth-order valence-electron chi connectivity index (χ4n) is 2.17. The lowest BCUT2D eigenvalue weighted by Gasteiger charge is -2.12. The highest BCUT2D eigenvalue weighted by atomic mass is 16.7. The Morgan fingerprint density at radius 3 is 2.36 bits per heavy atom. The summed E-state index contributed by atoms with van der Waals surface area (Å²) in [4.78, 5) is 16.9. The first kappa shape index (κ1) is 18.3. The van der Waals surface area contributed by atoms with Crippen molar-refractivity contribution in [1.29, 1.82) is 0 Å². The lowest BCUT2D eigenvalue weighted by Crippen LogP contribution is -2.15. The molecule has 0 heterocycles. The van der Waals surface area contributed by atoms with Crippen LogP contribution in [-0.2, 0) is 16.1 Å². The van der Waals surface area contributed by atoms with E-state index in [0.717, 1.165) is 5.56 Å². The van der Waals surface area contributed by atoms with Gasteiger partial charge in [-0.15, -0.1) is 0 Å². The van der Waals surface area contributed by atoms with E-state index in [4.69, 9.17) is 20.0 Å². The van der Waals surface area contributed by atoms with Crippen LogP contribution in [0.4, 0.5) is 0 Å². The number of carbonyl (C=O) groups excluding carboxylic acids is 1. The molecule has 0 aliphatic rings. The molecular weight excluding hydrogens is 320 g/mol. The SMILES string of the molecule is CCOc1ccc(CC(=O)O/N=C(\N)c2ccccc2)cc1OCC. The molecule has 0 amide bonds. The predicted octanol–water partition coefficient (Wildman–Crippen LogP) is 2.89. The highest BCUT2D eigenvalue weighted by Gasteiger charge is 2.11. The van der Waals surface area contributed by atoms with Gasteiger partial charge in [0.2, 0.25) is 0 Å². The Morgan fingerprint density at radius 1 is 1.00 bits per heavy atom. The van der Waals surface area contributed by atoms with Gasteiger partial charge in [-0.1, -0.05) is 41.6 Å². The number of hydrogen-bond donors (Lipinski definition) is 1. The molecule has 132 valence electrons. The number of carbonyl (C=O) groups is 1. The maximum atomic E-state index is 12.0. The summed E-state index contributed by atoms with van der Waals surface area (Å²) >= 11 is 0. The number of ether oxygens (including phenoxy) is 2. The lowest BCUT2D eigenvalue weighted by atomic mass is 10.1. The maximum absolute atomic E-state index is 12.0. The van der Waals surface area contributed by atoms with Gasteiger partial charge in [0.1, 0.15) is 0 Å². The van der Waals surface area contributed by atoms with Gasteiger partial charge in [0.05, 0.1) is 19.6 Å². The van der Waals surface area contributed by atoms with Gasteiger partial charge in [0, 0.05) is 5.56 Å². The molecule has 6 heteroatoms. The van der Waals surface area contributed by atoms with Crippen molar-refractivity contribution in [3.8, 4) is 11.5 Å². The molecule has 0 fully saturated rings. The van der Waals surface area contributed by atoms with Crippen LogP contribution in [0.3, 0.4) is 0 Å². The van der Waals surface area contributed by atoms with Crippen molar-refractivity contribution in [1.82, 2.24) is 0 Å². The van der Waals surface area contributed by atoms with Gasteiger partial charge in [-0.2, -0.15) is 0 Å². The molecule has 0 aromatic heterocycles. The molecule has 2 N–H and O–H groups in total. The number of oxime groups is 1. The summed E-state index contributed by atoms with van der Waals surface area (Å²) in [6, 6.07) is 14.4. The summed E-state index contributed by atoms with van der Waals surface area (Å²) < 4.78 is 11.0. The third-order valence-electron chi connectivity index (χ3n) is 3.27. The Balaban J connectivity index is 2.01. The Labute approximate surface area is 147 Å². The van der Waals surface area contributed by atoms with E-state index in [1.807, 2.05) is 32.0 Å². The average molecular weight is 342 g/mol. The zero-order chi connectivity index (χ0) is 18.1. The fourth-order valence-corrected chi connectivity index (χ4v) is 2.17. The monoisotopic (exact) mass is 342 g/mol. The molecule has 0 aliphatic carbocycles. The molecule has 0 saturated carbocycles. The summed E-state index contributed by atoms with van der Waals surface area (Å²) in [5.74, 6) is 0.885. The topological polar surface area (TPSA) is 83.1 Å². The number of nitrogens with zero attached hydrogens (tertiary/aromatic N) is 1. The Bertz CT molecular complexity index is 729. The largest absolute Gasteiger partial charge is 0.490 e. The number of benzene rings is 2. The predicted molar refractivity (Wildman–Crippen MR) is 95.7 cm³/mol. The van der Waals surface area contributed by atoms with Crippen LogP contribution < -0.4 is 15.2 Å². The molecule has 0 aliphatic heterocycles. The minimum atomic E-state index is -0.509. The zero-order valence-corrected chi connectivity index (χ0v) is 14.4. The van der Waals surface area contributed by atoms with Gasteiger partial charge >= 0.3 is 5.97 Å². The number of nitrogens with two attached hydrogens (primary N) is 1. The molecule has 0 unspecified atom stereocenters. The summed E-state index contributed by atoms with van der Waals surface area (Å²) in [7, 11) is 0. The molecule has 0 radical (unpaired) electrons. The Morgan fingerprint density at radius 2 is 1.68 bits per heavy atom. The number of hydrogen-bond acceptors (Lipinski definition) is 5. The molecular formula is C19H22N2O4. The second-order valence-corrected chi connectivity index (χ2v) is 5.13. The molecule has 0 saturated heterocycles. The number of rotatable bonds is 8. The second kappa shape index (κ2) is 9.32. The molecule has 25 heavy (non-hydrogen) atoms. The van der Waals surface area contributed by atoms with Crippen LogP contribution >= 0.6 is 0 Å². The van der Waals surface area contributed by atoms with Crippen LogP contribution in [0, 0.1) is 0 Å². The van der Waals surface area contributed by atoms with E-state index in [0.29, 0.717) is 30.3 Å². The number of amidine groups is 1. The van der Waals surface area contributed by atoms with Gasteiger partial charge in [-0.3, -0.25) is 0 Å². The molecule has 2 aromatic rings. The Hall–Kier alpha value is -3.02. The zero-order valence-electron chi connectivity index (χ0n) is 14.4. The van der Waals surface area contributed by atoms with Crippen molar-refractivity contribution >= 4 is 11.8 Å². The molecule has 2 rings (SSSR count). The fraction of sp³-hybridized carbons (Fsp3) is 0.263. The Kier molecular flexibility index (Phi) is 6.83. The molecule has 6 nitrogen and oxygen atoms in total. The average Bonchev–Trinajstić information content (AvgIpc) is 2.63. The minimum absolute atomic E-state index is 0.0536. The standard InChI is InChI=1S/C19H22N2O4/c1-3-23-16-11-10-14(12-17(16)24-4-2)13-18(22)25-21-19(20)15-8-6-5-7-9-15/h5-12H,3-4,13H2,1-2H3,(H2,20,21). The third-order valence-corrected chi connectivity index (χ3v) is 3.27. The minimum Gasteiger partial charge on any atom is -0.490 e. The summed E-state index contributed by atoms with van der Waals surface area (Å²) in [6.45, 7) is 4.83. The van der Waals surface area contributed by atoms with E-state index in [1.54, 1.807) is 30.3 Å². The lowest BCUT2D eigenvalue weighted by molar-refractivity contribution is -0.142. The first-order valence-corrected chi connectivity index (χ1v) is 8.11. The van der Waals surface area contributed by atoms with E-state index in [9.17, 15) is 4.79 Å². The molecule has 0 bridgehead atoms. The van der Waals surface area contributed by atoms with Crippen LogP contribution in [0.2, 0.25) is 0 Å². The van der Waals surface area contributed by atoms with Crippen LogP contribution in [0.25, 0.3) is 0 Å². The summed E-state index contributed by atoms with van der Waals surface area (Å²) in [6.07, 6.45) is 0.0536. The molecule has 2 aromatic carbocycles. The van der Waals surface area contributed by atoms with Gasteiger partial charge in [-0.05, 0) is 31.5 Å². The van der Waals surface area contributed by atoms with Crippen molar-refractivity contribution in [3.63, 3.8) is 0 Å². The highest BCUT2D eigenvalue weighted by Crippen LogP contribution is 2.28. The second-order valence-electron chi connectivity index (χ2n) is 5.13. The first-order valence-electron chi connectivity index (χ1n) is 8.11. The van der Waals surface area contributed by atoms with Gasteiger partial charge < -0.3 is 20.0 Å². The third kappa shape index (κ3) is 5.53. The van der Waals surface area contributed by atoms with Gasteiger partial charge in [-0.25, -0.2) is 4.79 Å².